The van der Waals surface area contributed by atoms with Crippen LogP contribution in [0, 0.1) is 0 Å². The summed E-state index contributed by atoms with van der Waals surface area (Å²) in [5.74, 6) is 1.23. The maximum Gasteiger partial charge on any atom is 0.224 e. The Morgan fingerprint density at radius 1 is 1.26 bits per heavy atom. The molecule has 1 aromatic rings. The quantitative estimate of drug-likeness (QED) is 0.840. The van der Waals surface area contributed by atoms with E-state index in [1.807, 2.05) is 0 Å². The fraction of sp³-hybridized carbons (Fsp3) is 0.500. The molecule has 1 amide bonds. The summed E-state index contributed by atoms with van der Waals surface area (Å²) >= 11 is 6.12. The first-order valence-electron chi connectivity index (χ1n) is 6.59. The Morgan fingerprint density at radius 2 is 1.95 bits per heavy atom. The summed E-state index contributed by atoms with van der Waals surface area (Å²) in [6.07, 6.45) is 3.56. The van der Waals surface area contributed by atoms with Crippen molar-refractivity contribution in [3.8, 4) is 11.5 Å². The van der Waals surface area contributed by atoms with E-state index >= 15 is 0 Å². The molecule has 1 aromatic carbocycles. The van der Waals surface area contributed by atoms with Crippen molar-refractivity contribution in [1.82, 2.24) is 0 Å². The van der Waals surface area contributed by atoms with Crippen molar-refractivity contribution in [3.63, 3.8) is 0 Å². The summed E-state index contributed by atoms with van der Waals surface area (Å²) in [6.45, 7) is 3.14. The number of amides is 1. The van der Waals surface area contributed by atoms with Crippen LogP contribution in [0.1, 0.15) is 32.6 Å². The number of ether oxygens (including phenoxy) is 2. The second-order valence-electron chi connectivity index (χ2n) is 4.48. The van der Waals surface area contributed by atoms with Gasteiger partial charge in [0.1, 0.15) is 13.2 Å². The van der Waals surface area contributed by atoms with Crippen molar-refractivity contribution < 1.29 is 14.3 Å². The Morgan fingerprint density at radius 3 is 2.63 bits per heavy atom. The maximum absolute atomic E-state index is 11.8. The van der Waals surface area contributed by atoms with Gasteiger partial charge in [-0.3, -0.25) is 4.79 Å². The second-order valence-corrected chi connectivity index (χ2v) is 4.89. The summed E-state index contributed by atoms with van der Waals surface area (Å²) in [5, 5.41) is 3.28. The zero-order valence-electron chi connectivity index (χ0n) is 11.0. The molecule has 0 unspecified atom stereocenters. The van der Waals surface area contributed by atoms with Gasteiger partial charge in [-0.25, -0.2) is 0 Å². The summed E-state index contributed by atoms with van der Waals surface area (Å²) in [4.78, 5) is 11.8. The minimum atomic E-state index is -0.0213. The fourth-order valence-corrected chi connectivity index (χ4v) is 2.11. The molecule has 4 nitrogen and oxygen atoms in total. The molecule has 19 heavy (non-hydrogen) atoms. The largest absolute Gasteiger partial charge is 0.486 e. The third-order valence-electron chi connectivity index (χ3n) is 2.91. The van der Waals surface area contributed by atoms with E-state index in [0.29, 0.717) is 41.8 Å². The summed E-state index contributed by atoms with van der Waals surface area (Å²) < 4.78 is 10.9. The highest BCUT2D eigenvalue weighted by atomic mass is 35.5. The zero-order chi connectivity index (χ0) is 13.7. The predicted molar refractivity (Wildman–Crippen MR) is 75.2 cm³/mol. The third kappa shape index (κ3) is 3.77. The second kappa shape index (κ2) is 6.66. The molecule has 1 N–H and O–H groups in total. The average Bonchev–Trinajstić information content (AvgIpc) is 2.40. The van der Waals surface area contributed by atoms with E-state index in [0.717, 1.165) is 19.3 Å². The highest BCUT2D eigenvalue weighted by Crippen LogP contribution is 2.37. The van der Waals surface area contributed by atoms with Crippen LogP contribution in [0.2, 0.25) is 5.02 Å². The lowest BCUT2D eigenvalue weighted by atomic mass is 10.2. The van der Waals surface area contributed by atoms with Crippen molar-refractivity contribution in [2.24, 2.45) is 0 Å². The molecule has 0 radical (unpaired) electrons. The highest BCUT2D eigenvalue weighted by molar-refractivity contribution is 6.34. The first-order chi connectivity index (χ1) is 9.20. The number of anilines is 1. The maximum atomic E-state index is 11.8. The first-order valence-corrected chi connectivity index (χ1v) is 6.97. The molecule has 0 spiro atoms. The Labute approximate surface area is 118 Å². The van der Waals surface area contributed by atoms with E-state index in [4.69, 9.17) is 21.1 Å². The molecule has 1 aliphatic rings. The zero-order valence-corrected chi connectivity index (χ0v) is 11.8. The van der Waals surface area contributed by atoms with E-state index in [2.05, 4.69) is 12.2 Å². The molecule has 1 aliphatic heterocycles. The minimum absolute atomic E-state index is 0.0213. The normalized spacial score (nSPS) is 13.2. The van der Waals surface area contributed by atoms with Gasteiger partial charge in [-0.2, -0.15) is 0 Å². The Kier molecular flexibility index (Phi) is 4.91. The smallest absolute Gasteiger partial charge is 0.224 e. The number of benzene rings is 1. The van der Waals surface area contributed by atoms with Crippen LogP contribution in [-0.4, -0.2) is 19.1 Å². The van der Waals surface area contributed by atoms with Crippen LogP contribution >= 0.6 is 11.6 Å². The molecule has 0 saturated heterocycles. The number of hydrogen-bond donors (Lipinski definition) is 1. The average molecular weight is 284 g/mol. The van der Waals surface area contributed by atoms with Crippen molar-refractivity contribution >= 4 is 23.2 Å². The van der Waals surface area contributed by atoms with Crippen LogP contribution in [-0.2, 0) is 4.79 Å². The van der Waals surface area contributed by atoms with Crippen LogP contribution in [0.4, 0.5) is 5.69 Å². The molecule has 0 atom stereocenters. The van der Waals surface area contributed by atoms with Crippen LogP contribution in [0.15, 0.2) is 12.1 Å². The van der Waals surface area contributed by atoms with Gasteiger partial charge in [0.15, 0.2) is 11.5 Å². The molecule has 0 bridgehead atoms. The standard InChI is InChI=1S/C14H18ClNO3/c1-2-3-4-5-14(17)16-11-9-13-12(8-10(11)15)18-6-7-19-13/h8-9H,2-7H2,1H3,(H,16,17). The van der Waals surface area contributed by atoms with Crippen LogP contribution in [0.5, 0.6) is 11.5 Å². The van der Waals surface area contributed by atoms with Crippen molar-refractivity contribution in [2.75, 3.05) is 18.5 Å². The lowest BCUT2D eigenvalue weighted by molar-refractivity contribution is -0.116. The van der Waals surface area contributed by atoms with Crippen molar-refractivity contribution in [3.05, 3.63) is 17.2 Å². The molecule has 0 fully saturated rings. The van der Waals surface area contributed by atoms with E-state index < -0.39 is 0 Å². The molecule has 1 heterocycles. The highest BCUT2D eigenvalue weighted by Gasteiger charge is 2.16. The Bertz CT molecular complexity index is 462. The third-order valence-corrected chi connectivity index (χ3v) is 3.23. The number of halogens is 1. The lowest BCUT2D eigenvalue weighted by Gasteiger charge is -2.20. The molecular formula is C14H18ClNO3. The molecule has 0 saturated carbocycles. The number of carbonyl (C=O) groups excluding carboxylic acids is 1. The summed E-state index contributed by atoms with van der Waals surface area (Å²) in [6, 6.07) is 3.40. The van der Waals surface area contributed by atoms with E-state index in [1.165, 1.54) is 0 Å². The van der Waals surface area contributed by atoms with Gasteiger partial charge < -0.3 is 14.8 Å². The number of carbonyl (C=O) groups is 1. The van der Waals surface area contributed by atoms with Gasteiger partial charge in [0.05, 0.1) is 10.7 Å². The van der Waals surface area contributed by atoms with Gasteiger partial charge in [0.2, 0.25) is 5.91 Å². The number of hydrogen-bond acceptors (Lipinski definition) is 3. The van der Waals surface area contributed by atoms with Gasteiger partial charge in [0.25, 0.3) is 0 Å². The van der Waals surface area contributed by atoms with E-state index in [9.17, 15) is 4.79 Å². The number of unbranched alkanes of at least 4 members (excludes halogenated alkanes) is 2. The number of rotatable bonds is 5. The van der Waals surface area contributed by atoms with E-state index in [-0.39, 0.29) is 5.91 Å². The Balaban J connectivity index is 2.01. The fourth-order valence-electron chi connectivity index (χ4n) is 1.91. The predicted octanol–water partition coefficient (Wildman–Crippen LogP) is 3.63. The molecule has 2 rings (SSSR count). The van der Waals surface area contributed by atoms with Crippen LogP contribution in [0.3, 0.4) is 0 Å². The SMILES string of the molecule is CCCCCC(=O)Nc1cc2c(cc1Cl)OCCO2. The Hall–Kier alpha value is -1.42. The summed E-state index contributed by atoms with van der Waals surface area (Å²) in [5.41, 5.74) is 0.576. The molecule has 104 valence electrons. The number of fused-ring (bicyclic) bond motifs is 1. The van der Waals surface area contributed by atoms with E-state index in [1.54, 1.807) is 12.1 Å². The van der Waals surface area contributed by atoms with Gasteiger partial charge in [-0.1, -0.05) is 31.4 Å². The monoisotopic (exact) mass is 283 g/mol. The molecular weight excluding hydrogens is 266 g/mol. The molecule has 0 aromatic heterocycles. The molecule has 0 aliphatic carbocycles. The lowest BCUT2D eigenvalue weighted by Crippen LogP contribution is -2.16. The van der Waals surface area contributed by atoms with Crippen molar-refractivity contribution in [1.29, 1.82) is 0 Å². The topological polar surface area (TPSA) is 47.6 Å². The summed E-state index contributed by atoms with van der Waals surface area (Å²) in [7, 11) is 0. The minimum Gasteiger partial charge on any atom is -0.486 e. The van der Waals surface area contributed by atoms with Crippen LogP contribution in [0.25, 0.3) is 0 Å². The number of nitrogens with one attached hydrogen (secondary N) is 1. The van der Waals surface area contributed by atoms with Gasteiger partial charge in [-0.15, -0.1) is 0 Å². The van der Waals surface area contributed by atoms with Gasteiger partial charge >= 0.3 is 0 Å². The van der Waals surface area contributed by atoms with Gasteiger partial charge in [0, 0.05) is 18.6 Å². The van der Waals surface area contributed by atoms with Crippen LogP contribution < -0.4 is 14.8 Å². The molecule has 5 heteroatoms. The first kappa shape index (κ1) is 14.0. The van der Waals surface area contributed by atoms with Gasteiger partial charge in [-0.05, 0) is 6.42 Å². The van der Waals surface area contributed by atoms with Crippen molar-refractivity contribution in [2.45, 2.75) is 32.6 Å².